The predicted molar refractivity (Wildman–Crippen MR) is 210 cm³/mol. The van der Waals surface area contributed by atoms with E-state index in [9.17, 15) is 34.8 Å². The lowest BCUT2D eigenvalue weighted by Crippen LogP contribution is -2.52. The van der Waals surface area contributed by atoms with Crippen LogP contribution in [-0.2, 0) is 51.4 Å². The van der Waals surface area contributed by atoms with Crippen molar-refractivity contribution in [2.24, 2.45) is 11.8 Å². The van der Waals surface area contributed by atoms with E-state index in [1.54, 1.807) is 19.1 Å². The van der Waals surface area contributed by atoms with Crippen LogP contribution in [0.15, 0.2) is 60.2 Å². The van der Waals surface area contributed by atoms with Gasteiger partial charge in [-0.15, -0.1) is 0 Å². The zero-order valence-corrected chi connectivity index (χ0v) is 32.3. The first-order valence-corrected chi connectivity index (χ1v) is 20.2. The molecule has 56 heavy (non-hydrogen) atoms. The van der Waals surface area contributed by atoms with Gasteiger partial charge in [0.25, 0.3) is 0 Å². The molecular formula is C47H52O9. The van der Waals surface area contributed by atoms with Gasteiger partial charge in [-0.2, -0.15) is 0 Å². The number of ketones is 1. The standard InChI is InChI=1S/C47H52O9/c1-3-4-5-12-38-36(27-48)20-33(23-42(38)51)30-13-14-31-25-45(52)55-43-26-41(50)35(22-39(31)43)24-44-47(2,54)37-15-16-40(49)34(21-37)18-29-10-6-8-28(17-29)9-7-11-32(19-30)46(53)56-44/h6,8,10-11,17,20,22-23,26,30-31,34,37,44,48,50-51,54H,3-5,7,9,12,15-16,18-19,21,24-25,27H2,1-2H3. The normalized spacial score (nSPS) is 26.5. The zero-order chi connectivity index (χ0) is 39.6. The summed E-state index contributed by atoms with van der Waals surface area (Å²) in [6.45, 7) is 3.48. The topological polar surface area (TPSA) is 151 Å². The van der Waals surface area contributed by atoms with Crippen LogP contribution in [0.5, 0.6) is 17.2 Å². The number of allylic oxidation sites excluding steroid dienone is 1. The monoisotopic (exact) mass is 760 g/mol. The van der Waals surface area contributed by atoms with E-state index in [0.717, 1.165) is 30.4 Å². The summed E-state index contributed by atoms with van der Waals surface area (Å²) in [7, 11) is 0. The van der Waals surface area contributed by atoms with Crippen molar-refractivity contribution in [2.45, 2.75) is 127 Å². The maximum atomic E-state index is 14.6. The van der Waals surface area contributed by atoms with Crippen LogP contribution in [0.4, 0.5) is 0 Å². The molecule has 0 aromatic heterocycles. The van der Waals surface area contributed by atoms with Gasteiger partial charge >= 0.3 is 11.9 Å². The van der Waals surface area contributed by atoms with Crippen molar-refractivity contribution in [1.29, 1.82) is 0 Å². The molecule has 6 atom stereocenters. The molecule has 1 saturated carbocycles. The molecule has 3 aromatic carbocycles. The van der Waals surface area contributed by atoms with Gasteiger partial charge in [-0.25, -0.2) is 4.79 Å². The van der Waals surface area contributed by atoms with E-state index >= 15 is 0 Å². The highest BCUT2D eigenvalue weighted by molar-refractivity contribution is 5.89. The fourth-order valence-electron chi connectivity index (χ4n) is 9.06. The number of hydrogen-bond acceptors (Lipinski definition) is 9. The van der Waals surface area contributed by atoms with Gasteiger partial charge in [0.15, 0.2) is 0 Å². The Morgan fingerprint density at radius 2 is 1.70 bits per heavy atom. The molecule has 0 spiro atoms. The first-order valence-electron chi connectivity index (χ1n) is 20.2. The number of esters is 2. The van der Waals surface area contributed by atoms with Crippen LogP contribution in [0.3, 0.4) is 0 Å². The number of aromatic hydroxyl groups is 2. The number of carbonyl (C=O) groups is 3. The predicted octanol–water partition coefficient (Wildman–Crippen LogP) is 7.21. The van der Waals surface area contributed by atoms with Crippen LogP contribution < -0.4 is 4.74 Å². The van der Waals surface area contributed by atoms with E-state index in [-0.39, 0.29) is 60.7 Å². The third kappa shape index (κ3) is 8.42. The number of benzene rings is 3. The Balaban J connectivity index is 1.38. The number of ether oxygens (including phenoxy) is 2. The third-order valence-electron chi connectivity index (χ3n) is 12.4. The molecule has 9 nitrogen and oxygen atoms in total. The van der Waals surface area contributed by atoms with E-state index < -0.39 is 35.5 Å². The van der Waals surface area contributed by atoms with Crippen molar-refractivity contribution in [3.8, 4) is 29.1 Å². The summed E-state index contributed by atoms with van der Waals surface area (Å²) in [5.74, 6) is 3.82. The lowest BCUT2D eigenvalue weighted by atomic mass is 9.68. The molecule has 7 rings (SSSR count). The van der Waals surface area contributed by atoms with Gasteiger partial charge in [-0.05, 0) is 110 Å². The first-order chi connectivity index (χ1) is 26.9. The Labute approximate surface area is 328 Å². The summed E-state index contributed by atoms with van der Waals surface area (Å²) >= 11 is 0. The lowest BCUT2D eigenvalue weighted by Gasteiger charge is -2.42. The number of Topliss-reactive ketones (excluding diaryl/α,β-unsaturated/α-hetero) is 1. The average Bonchev–Trinajstić information content (AvgIpc) is 3.17. The summed E-state index contributed by atoms with van der Waals surface area (Å²) < 4.78 is 12.0. The van der Waals surface area contributed by atoms with Crippen LogP contribution in [0.2, 0.25) is 0 Å². The summed E-state index contributed by atoms with van der Waals surface area (Å²) in [5.41, 5.74) is 3.74. The average molecular weight is 761 g/mol. The van der Waals surface area contributed by atoms with Crippen molar-refractivity contribution in [3.63, 3.8) is 0 Å². The van der Waals surface area contributed by atoms with E-state index in [0.29, 0.717) is 78.3 Å². The molecule has 0 radical (unpaired) electrons. The summed E-state index contributed by atoms with van der Waals surface area (Å²) in [4.78, 5) is 40.8. The molecule has 1 fully saturated rings. The Kier molecular flexibility index (Phi) is 11.7. The second-order valence-electron chi connectivity index (χ2n) is 16.3. The highest BCUT2D eigenvalue weighted by Gasteiger charge is 2.46. The maximum Gasteiger partial charge on any atom is 0.334 e. The van der Waals surface area contributed by atoms with Crippen molar-refractivity contribution in [1.82, 2.24) is 0 Å². The number of rotatable bonds is 6. The molecule has 6 unspecified atom stereocenters. The molecule has 294 valence electrons. The van der Waals surface area contributed by atoms with Gasteiger partial charge in [0.2, 0.25) is 0 Å². The first kappa shape index (κ1) is 39.3. The number of phenolic OH excluding ortho intramolecular Hbond substituents is 2. The quantitative estimate of drug-likeness (QED) is 0.0885. The molecule has 4 aliphatic rings. The van der Waals surface area contributed by atoms with E-state index in [4.69, 9.17) is 9.47 Å². The highest BCUT2D eigenvalue weighted by atomic mass is 16.6. The fourth-order valence-corrected chi connectivity index (χ4v) is 9.06. The van der Waals surface area contributed by atoms with Gasteiger partial charge in [0, 0.05) is 41.9 Å². The van der Waals surface area contributed by atoms with Crippen molar-refractivity contribution >= 4 is 17.7 Å². The van der Waals surface area contributed by atoms with Crippen molar-refractivity contribution in [2.75, 3.05) is 0 Å². The molecular weight excluding hydrogens is 709 g/mol. The fraction of sp³-hybridized carbons (Fsp3) is 0.468. The minimum atomic E-state index is -1.60. The van der Waals surface area contributed by atoms with Crippen LogP contribution in [-0.4, -0.2) is 49.9 Å². The SMILES string of the molecule is CCCCCc1c(O)cc(C2C#CC3CC(=O)Oc4cc(O)c(cc43)CC3OC(=O)C(=CCCc4cccc(c4)CC4CC(CCC4=O)C3(C)O)C2)cc1CO. The number of aryl methyl sites for hydroxylation is 1. The molecule has 1 aliphatic carbocycles. The number of aliphatic hydroxyl groups excluding tert-OH is 1. The molecule has 8 bridgehead atoms. The Bertz CT molecular complexity index is 2100. The number of hydrogen-bond donors (Lipinski definition) is 4. The second kappa shape index (κ2) is 16.7. The maximum absolute atomic E-state index is 14.6. The minimum absolute atomic E-state index is 0.0315. The Morgan fingerprint density at radius 1 is 0.893 bits per heavy atom. The highest BCUT2D eigenvalue weighted by Crippen LogP contribution is 2.44. The van der Waals surface area contributed by atoms with Crippen LogP contribution >= 0.6 is 0 Å². The molecule has 3 aliphatic heterocycles. The van der Waals surface area contributed by atoms with Crippen molar-refractivity contribution < 1.29 is 44.3 Å². The van der Waals surface area contributed by atoms with Crippen LogP contribution in [0.1, 0.15) is 122 Å². The number of phenols is 2. The summed E-state index contributed by atoms with van der Waals surface area (Å²) in [6.07, 6.45) is 7.03. The summed E-state index contributed by atoms with van der Waals surface area (Å²) in [6, 6.07) is 14.8. The van der Waals surface area contributed by atoms with Crippen molar-refractivity contribution in [3.05, 3.63) is 99.1 Å². The Morgan fingerprint density at radius 3 is 2.50 bits per heavy atom. The zero-order valence-electron chi connectivity index (χ0n) is 32.3. The number of unbranched alkanes of at least 4 members (excludes halogenated alkanes) is 2. The van der Waals surface area contributed by atoms with Gasteiger partial charge in [0.1, 0.15) is 34.7 Å². The smallest absolute Gasteiger partial charge is 0.334 e. The van der Waals surface area contributed by atoms with E-state index in [2.05, 4.69) is 24.8 Å². The molecule has 0 amide bonds. The van der Waals surface area contributed by atoms with Gasteiger partial charge in [-0.1, -0.05) is 68.0 Å². The third-order valence-corrected chi connectivity index (χ3v) is 12.4. The number of carbonyl (C=O) groups excluding carboxylic acids is 3. The van der Waals surface area contributed by atoms with Gasteiger partial charge in [0.05, 0.1) is 18.9 Å². The largest absolute Gasteiger partial charge is 0.508 e. The minimum Gasteiger partial charge on any atom is -0.508 e. The molecule has 0 saturated heterocycles. The lowest BCUT2D eigenvalue weighted by molar-refractivity contribution is -0.170. The van der Waals surface area contributed by atoms with Gasteiger partial charge < -0.3 is 29.9 Å². The second-order valence-corrected chi connectivity index (χ2v) is 16.3. The van der Waals surface area contributed by atoms with E-state index in [1.165, 1.54) is 6.07 Å². The van der Waals surface area contributed by atoms with Gasteiger partial charge in [-0.3, -0.25) is 9.59 Å². The molecule has 4 N–H and O–H groups in total. The summed E-state index contributed by atoms with van der Waals surface area (Å²) in [5, 5.41) is 45.7. The van der Waals surface area contributed by atoms with E-state index in [1.807, 2.05) is 30.3 Å². The number of aliphatic hydroxyl groups is 2. The van der Waals surface area contributed by atoms with Crippen LogP contribution in [0.25, 0.3) is 0 Å². The molecule has 3 heterocycles. The van der Waals surface area contributed by atoms with Crippen LogP contribution in [0, 0.1) is 23.7 Å². The number of fused-ring (bicyclic) bond motifs is 8. The Hall–Kier alpha value is -4.91. The molecule has 3 aromatic rings. The molecule has 9 heteroatoms.